The number of hydrogen-bond acceptors (Lipinski definition) is 5. The van der Waals surface area contributed by atoms with Crippen LogP contribution in [0.3, 0.4) is 0 Å². The van der Waals surface area contributed by atoms with E-state index in [1.165, 1.54) is 12.1 Å². The van der Waals surface area contributed by atoms with Crippen molar-refractivity contribution in [2.45, 2.75) is 6.54 Å². The number of nitrogens with one attached hydrogen (secondary N) is 2. The number of H-pyrrole nitrogens is 1. The lowest BCUT2D eigenvalue weighted by atomic mass is 10.2. The third-order valence-corrected chi connectivity index (χ3v) is 3.18. The zero-order chi connectivity index (χ0) is 17.1. The zero-order valence-corrected chi connectivity index (χ0v) is 12.1. The van der Waals surface area contributed by atoms with E-state index in [1.807, 2.05) is 0 Å². The van der Waals surface area contributed by atoms with E-state index in [4.69, 9.17) is 0 Å². The molecule has 0 radical (unpaired) electrons. The molecule has 0 spiro atoms. The van der Waals surface area contributed by atoms with E-state index in [2.05, 4.69) is 20.6 Å². The monoisotopic (exact) mass is 330 g/mol. The SMILES string of the molecule is O=C(Nc1ccn(Cc2ccc(F)cc2)n1)c1[nH]ncc1[N+](=O)[O-]. The number of aromatic nitrogens is 4. The molecular weight excluding hydrogens is 319 g/mol. The molecule has 24 heavy (non-hydrogen) atoms. The maximum absolute atomic E-state index is 12.9. The summed E-state index contributed by atoms with van der Waals surface area (Å²) in [4.78, 5) is 22.1. The average molecular weight is 330 g/mol. The normalized spacial score (nSPS) is 10.5. The minimum Gasteiger partial charge on any atom is -0.304 e. The van der Waals surface area contributed by atoms with Gasteiger partial charge in [0.1, 0.15) is 12.0 Å². The molecule has 122 valence electrons. The lowest BCUT2D eigenvalue weighted by Crippen LogP contribution is -2.15. The fourth-order valence-corrected chi connectivity index (χ4v) is 2.06. The molecule has 0 bridgehead atoms. The first kappa shape index (κ1) is 15.3. The van der Waals surface area contributed by atoms with Crippen molar-refractivity contribution >= 4 is 17.4 Å². The van der Waals surface area contributed by atoms with Crippen molar-refractivity contribution in [2.75, 3.05) is 5.32 Å². The second-order valence-corrected chi connectivity index (χ2v) is 4.87. The van der Waals surface area contributed by atoms with Gasteiger partial charge in [-0.2, -0.15) is 10.2 Å². The lowest BCUT2D eigenvalue weighted by molar-refractivity contribution is -0.385. The van der Waals surface area contributed by atoms with Crippen LogP contribution in [0.5, 0.6) is 0 Å². The summed E-state index contributed by atoms with van der Waals surface area (Å²) >= 11 is 0. The molecule has 0 aliphatic rings. The fraction of sp³-hybridized carbons (Fsp3) is 0.0714. The van der Waals surface area contributed by atoms with Crippen molar-refractivity contribution in [2.24, 2.45) is 0 Å². The quantitative estimate of drug-likeness (QED) is 0.547. The number of nitrogens with zero attached hydrogens (tertiary/aromatic N) is 4. The molecule has 0 aliphatic carbocycles. The Hall–Kier alpha value is -3.56. The Bertz CT molecular complexity index is 886. The van der Waals surface area contributed by atoms with E-state index >= 15 is 0 Å². The van der Waals surface area contributed by atoms with Gasteiger partial charge in [0.15, 0.2) is 5.82 Å². The number of benzene rings is 1. The number of hydrogen-bond donors (Lipinski definition) is 2. The summed E-state index contributed by atoms with van der Waals surface area (Å²) < 4.78 is 14.4. The standard InChI is InChI=1S/C14H11FN6O3/c15-10-3-1-9(2-4-10)8-20-6-5-12(19-20)17-14(22)13-11(21(23)24)7-16-18-13/h1-7H,8H2,(H,16,18)(H,17,19,22). The maximum atomic E-state index is 12.9. The summed E-state index contributed by atoms with van der Waals surface area (Å²) in [5.74, 6) is -0.814. The Balaban J connectivity index is 1.69. The molecule has 0 saturated heterocycles. The first-order valence-corrected chi connectivity index (χ1v) is 6.80. The van der Waals surface area contributed by atoms with Gasteiger partial charge in [0.05, 0.1) is 11.5 Å². The summed E-state index contributed by atoms with van der Waals surface area (Å²) in [5, 5.41) is 23.2. The summed E-state index contributed by atoms with van der Waals surface area (Å²) in [6, 6.07) is 7.49. The van der Waals surface area contributed by atoms with Gasteiger partial charge in [0.2, 0.25) is 5.69 Å². The molecule has 1 amide bonds. The van der Waals surface area contributed by atoms with Crippen LogP contribution in [0.25, 0.3) is 0 Å². The largest absolute Gasteiger partial charge is 0.319 e. The first-order valence-electron chi connectivity index (χ1n) is 6.80. The van der Waals surface area contributed by atoms with Crippen LogP contribution in [0.4, 0.5) is 15.9 Å². The number of carbonyl (C=O) groups excluding carboxylic acids is 1. The van der Waals surface area contributed by atoms with E-state index in [0.29, 0.717) is 6.54 Å². The number of nitro groups is 1. The molecule has 2 heterocycles. The van der Waals surface area contributed by atoms with Crippen LogP contribution in [0.2, 0.25) is 0 Å². The summed E-state index contributed by atoms with van der Waals surface area (Å²) in [7, 11) is 0. The van der Waals surface area contributed by atoms with Gasteiger partial charge in [-0.1, -0.05) is 12.1 Å². The molecule has 0 saturated carbocycles. The highest BCUT2D eigenvalue weighted by atomic mass is 19.1. The minimum absolute atomic E-state index is 0.228. The van der Waals surface area contributed by atoms with E-state index in [-0.39, 0.29) is 17.3 Å². The summed E-state index contributed by atoms with van der Waals surface area (Å²) in [6.45, 7) is 0.389. The van der Waals surface area contributed by atoms with Gasteiger partial charge < -0.3 is 5.32 Å². The van der Waals surface area contributed by atoms with Gasteiger partial charge in [-0.15, -0.1) is 0 Å². The van der Waals surface area contributed by atoms with Crippen LogP contribution in [-0.4, -0.2) is 30.8 Å². The lowest BCUT2D eigenvalue weighted by Gasteiger charge is -2.02. The highest BCUT2D eigenvalue weighted by molar-refractivity contribution is 6.04. The maximum Gasteiger partial charge on any atom is 0.319 e. The van der Waals surface area contributed by atoms with Gasteiger partial charge in [-0.25, -0.2) is 4.39 Å². The molecule has 0 aliphatic heterocycles. The van der Waals surface area contributed by atoms with Crippen LogP contribution in [0, 0.1) is 15.9 Å². The Labute approximate surface area is 134 Å². The highest BCUT2D eigenvalue weighted by Gasteiger charge is 2.23. The number of rotatable bonds is 5. The molecule has 1 aromatic carbocycles. The number of carbonyl (C=O) groups is 1. The first-order chi connectivity index (χ1) is 11.5. The predicted octanol–water partition coefficient (Wildman–Crippen LogP) is 1.95. The summed E-state index contributed by atoms with van der Waals surface area (Å²) in [5.41, 5.74) is 0.160. The molecule has 3 rings (SSSR count). The van der Waals surface area contributed by atoms with E-state index < -0.39 is 16.5 Å². The topological polar surface area (TPSA) is 119 Å². The van der Waals surface area contributed by atoms with Gasteiger partial charge >= 0.3 is 5.69 Å². The van der Waals surface area contributed by atoms with E-state index in [1.54, 1.807) is 29.1 Å². The Morgan fingerprint density at radius 2 is 2.08 bits per heavy atom. The molecular formula is C14H11FN6O3. The number of anilines is 1. The Kier molecular flexibility index (Phi) is 4.01. The molecule has 2 N–H and O–H groups in total. The van der Waals surface area contributed by atoms with Crippen LogP contribution in [0.1, 0.15) is 16.1 Å². The van der Waals surface area contributed by atoms with Crippen molar-refractivity contribution in [3.8, 4) is 0 Å². The molecule has 3 aromatic rings. The Morgan fingerprint density at radius 3 is 2.79 bits per heavy atom. The van der Waals surface area contributed by atoms with Crippen LogP contribution >= 0.6 is 0 Å². The van der Waals surface area contributed by atoms with Crippen LogP contribution in [-0.2, 0) is 6.54 Å². The second kappa shape index (κ2) is 6.28. The molecule has 9 nitrogen and oxygen atoms in total. The second-order valence-electron chi connectivity index (χ2n) is 4.87. The smallest absolute Gasteiger partial charge is 0.304 e. The third kappa shape index (κ3) is 3.27. The highest BCUT2D eigenvalue weighted by Crippen LogP contribution is 2.16. The van der Waals surface area contributed by atoms with Gasteiger partial charge in [0, 0.05) is 12.3 Å². The molecule has 0 fully saturated rings. The van der Waals surface area contributed by atoms with Crippen molar-refractivity contribution in [3.63, 3.8) is 0 Å². The van der Waals surface area contributed by atoms with Gasteiger partial charge in [-0.3, -0.25) is 24.7 Å². The van der Waals surface area contributed by atoms with E-state index in [9.17, 15) is 19.3 Å². The number of aromatic amines is 1. The van der Waals surface area contributed by atoms with Crippen molar-refractivity contribution < 1.29 is 14.1 Å². The minimum atomic E-state index is -0.716. The molecule has 0 atom stereocenters. The molecule has 10 heteroatoms. The van der Waals surface area contributed by atoms with Gasteiger partial charge in [0.25, 0.3) is 5.91 Å². The fourth-order valence-electron chi connectivity index (χ4n) is 2.06. The molecule has 0 unspecified atom stereocenters. The predicted molar refractivity (Wildman–Crippen MR) is 80.9 cm³/mol. The van der Waals surface area contributed by atoms with Crippen molar-refractivity contribution in [1.29, 1.82) is 0 Å². The number of amides is 1. The summed E-state index contributed by atoms with van der Waals surface area (Å²) in [6.07, 6.45) is 2.59. The Morgan fingerprint density at radius 1 is 1.33 bits per heavy atom. The van der Waals surface area contributed by atoms with Gasteiger partial charge in [-0.05, 0) is 17.7 Å². The van der Waals surface area contributed by atoms with E-state index in [0.717, 1.165) is 11.8 Å². The van der Waals surface area contributed by atoms with Crippen molar-refractivity contribution in [3.05, 3.63) is 69.9 Å². The third-order valence-electron chi connectivity index (χ3n) is 3.18. The van der Waals surface area contributed by atoms with Crippen LogP contribution in [0.15, 0.2) is 42.7 Å². The van der Waals surface area contributed by atoms with Crippen molar-refractivity contribution in [1.82, 2.24) is 20.0 Å². The van der Waals surface area contributed by atoms with Crippen LogP contribution < -0.4 is 5.32 Å². The molecule has 2 aromatic heterocycles. The zero-order valence-electron chi connectivity index (χ0n) is 12.1. The average Bonchev–Trinajstić information content (AvgIpc) is 3.19. The number of halogens is 1.